The van der Waals surface area contributed by atoms with Crippen LogP contribution in [0, 0.1) is 6.92 Å². The van der Waals surface area contributed by atoms with E-state index in [2.05, 4.69) is 208 Å². The zero-order chi connectivity index (χ0) is 36.9. The van der Waals surface area contributed by atoms with Crippen LogP contribution < -0.4 is 4.90 Å². The van der Waals surface area contributed by atoms with Crippen molar-refractivity contribution >= 4 is 39.0 Å². The highest BCUT2D eigenvalue weighted by Crippen LogP contribution is 2.58. The van der Waals surface area contributed by atoms with E-state index in [1.165, 1.54) is 61.2 Å². The van der Waals surface area contributed by atoms with Gasteiger partial charge in [0.2, 0.25) is 0 Å². The second kappa shape index (κ2) is 11.7. The Morgan fingerprint density at radius 3 is 1.71 bits per heavy atom. The number of aryl methyl sites for hydroxylation is 1. The lowest BCUT2D eigenvalue weighted by atomic mass is 9.67. The Balaban J connectivity index is 1.21. The Kier molecular flexibility index (Phi) is 6.76. The Bertz CT molecular complexity index is 2930. The molecule has 2 heteroatoms. The summed E-state index contributed by atoms with van der Waals surface area (Å²) in [5, 5.41) is 2.22. The molecule has 1 aromatic heterocycles. The summed E-state index contributed by atoms with van der Waals surface area (Å²) < 4.78 is 6.51. The van der Waals surface area contributed by atoms with Crippen LogP contribution in [-0.2, 0) is 10.8 Å². The molecular formula is C53H39NO. The average molecular weight is 706 g/mol. The molecule has 0 radical (unpaired) electrons. The van der Waals surface area contributed by atoms with E-state index in [0.717, 1.165) is 39.0 Å². The van der Waals surface area contributed by atoms with Crippen LogP contribution in [-0.4, -0.2) is 0 Å². The Labute approximate surface area is 322 Å². The Hall–Kier alpha value is -6.64. The molecule has 0 bridgehead atoms. The van der Waals surface area contributed by atoms with Gasteiger partial charge in [0, 0.05) is 22.2 Å². The van der Waals surface area contributed by atoms with E-state index >= 15 is 0 Å². The maximum absolute atomic E-state index is 6.51. The predicted molar refractivity (Wildman–Crippen MR) is 228 cm³/mol. The molecule has 0 spiro atoms. The van der Waals surface area contributed by atoms with Crippen molar-refractivity contribution in [3.63, 3.8) is 0 Å². The van der Waals surface area contributed by atoms with E-state index in [9.17, 15) is 0 Å². The van der Waals surface area contributed by atoms with E-state index in [-0.39, 0.29) is 5.41 Å². The van der Waals surface area contributed by atoms with Gasteiger partial charge in [-0.1, -0.05) is 159 Å². The van der Waals surface area contributed by atoms with Gasteiger partial charge in [-0.2, -0.15) is 0 Å². The summed E-state index contributed by atoms with van der Waals surface area (Å²) in [4.78, 5) is 2.47. The number of anilines is 3. The number of para-hydroxylation sites is 1. The van der Waals surface area contributed by atoms with Gasteiger partial charge in [0.15, 0.2) is 0 Å². The van der Waals surface area contributed by atoms with Crippen LogP contribution in [0.15, 0.2) is 186 Å². The second-order valence-electron chi connectivity index (χ2n) is 15.7. The van der Waals surface area contributed by atoms with Crippen LogP contribution in [0.3, 0.4) is 0 Å². The molecule has 2 aliphatic rings. The number of hydrogen-bond donors (Lipinski definition) is 0. The molecule has 1 heterocycles. The first-order chi connectivity index (χ1) is 26.9. The standard InChI is InChI=1S/C53H39NO/c1-34-25-28-40-41-29-26-37(32-46(41)52(2,3)45(40)31-34)54(48-22-14-24-50-51(48)43-20-11-13-23-49(43)55-50)38-27-30-42-39-19-10-12-21-44(39)53(47(42)33-38,35-15-6-4-7-16-35)36-17-8-5-9-18-36/h4-33H,1-3H3. The smallest absolute Gasteiger partial charge is 0.137 e. The van der Waals surface area contributed by atoms with Crippen molar-refractivity contribution in [2.24, 2.45) is 0 Å². The van der Waals surface area contributed by atoms with Crippen LogP contribution in [0.5, 0.6) is 0 Å². The molecule has 55 heavy (non-hydrogen) atoms. The van der Waals surface area contributed by atoms with Gasteiger partial charge < -0.3 is 9.32 Å². The van der Waals surface area contributed by atoms with Gasteiger partial charge in [-0.15, -0.1) is 0 Å². The minimum absolute atomic E-state index is 0.151. The summed E-state index contributed by atoms with van der Waals surface area (Å²) in [5.74, 6) is 0. The van der Waals surface area contributed by atoms with Gasteiger partial charge in [0.1, 0.15) is 11.2 Å². The maximum Gasteiger partial charge on any atom is 0.137 e. The van der Waals surface area contributed by atoms with E-state index in [1.807, 2.05) is 0 Å². The fraction of sp³-hybridized carbons (Fsp3) is 0.0943. The summed E-state index contributed by atoms with van der Waals surface area (Å²) >= 11 is 0. The van der Waals surface area contributed by atoms with Crippen molar-refractivity contribution < 1.29 is 4.42 Å². The first-order valence-electron chi connectivity index (χ1n) is 19.3. The van der Waals surface area contributed by atoms with Gasteiger partial charge in [-0.3, -0.25) is 0 Å². The summed E-state index contributed by atoms with van der Waals surface area (Å²) in [6, 6.07) is 67.1. The lowest BCUT2D eigenvalue weighted by Crippen LogP contribution is -2.28. The maximum atomic E-state index is 6.51. The lowest BCUT2D eigenvalue weighted by Gasteiger charge is -2.35. The molecule has 0 N–H and O–H groups in total. The fourth-order valence-electron chi connectivity index (χ4n) is 9.92. The highest BCUT2D eigenvalue weighted by Gasteiger charge is 2.46. The van der Waals surface area contributed by atoms with Crippen LogP contribution >= 0.6 is 0 Å². The molecule has 0 aliphatic heterocycles. The quantitative estimate of drug-likeness (QED) is 0.177. The van der Waals surface area contributed by atoms with Gasteiger partial charge >= 0.3 is 0 Å². The third-order valence-electron chi connectivity index (χ3n) is 12.4. The van der Waals surface area contributed by atoms with E-state index in [4.69, 9.17) is 4.42 Å². The largest absolute Gasteiger partial charge is 0.456 e. The highest BCUT2D eigenvalue weighted by molar-refractivity contribution is 6.13. The summed E-state index contributed by atoms with van der Waals surface area (Å²) in [6.07, 6.45) is 0. The number of nitrogens with zero attached hydrogens (tertiary/aromatic N) is 1. The van der Waals surface area contributed by atoms with Gasteiger partial charge in [0.25, 0.3) is 0 Å². The predicted octanol–water partition coefficient (Wildman–Crippen LogP) is 14.0. The molecule has 9 aromatic rings. The van der Waals surface area contributed by atoms with Crippen LogP contribution in [0.2, 0.25) is 0 Å². The summed E-state index contributed by atoms with van der Waals surface area (Å²) in [6.45, 7) is 6.94. The SMILES string of the molecule is Cc1ccc2c(c1)C(C)(C)c1cc(N(c3ccc4c(c3)C(c3ccccc3)(c3ccccc3)c3ccccc3-4)c3cccc4oc5ccccc5c34)ccc1-2. The van der Waals surface area contributed by atoms with Crippen LogP contribution in [0.1, 0.15) is 52.8 Å². The molecule has 2 nitrogen and oxygen atoms in total. The van der Waals surface area contributed by atoms with E-state index in [1.54, 1.807) is 0 Å². The number of hydrogen-bond acceptors (Lipinski definition) is 2. The van der Waals surface area contributed by atoms with Crippen LogP contribution in [0.25, 0.3) is 44.2 Å². The summed E-state index contributed by atoms with van der Waals surface area (Å²) in [5.41, 5.74) is 18.7. The Morgan fingerprint density at radius 2 is 0.982 bits per heavy atom. The molecule has 2 aliphatic carbocycles. The molecule has 0 saturated heterocycles. The minimum atomic E-state index is -0.510. The molecule has 11 rings (SSSR count). The third-order valence-corrected chi connectivity index (χ3v) is 12.4. The third kappa shape index (κ3) is 4.43. The molecule has 0 unspecified atom stereocenters. The van der Waals surface area contributed by atoms with Gasteiger partial charge in [-0.05, 0) is 105 Å². The number of benzene rings is 8. The number of fused-ring (bicyclic) bond motifs is 9. The summed E-state index contributed by atoms with van der Waals surface area (Å²) in [7, 11) is 0. The average Bonchev–Trinajstić information content (AvgIpc) is 3.83. The van der Waals surface area contributed by atoms with Crippen molar-refractivity contribution in [2.45, 2.75) is 31.6 Å². The minimum Gasteiger partial charge on any atom is -0.456 e. The zero-order valence-corrected chi connectivity index (χ0v) is 31.2. The van der Waals surface area contributed by atoms with Gasteiger partial charge in [-0.25, -0.2) is 0 Å². The normalized spacial score (nSPS) is 14.4. The van der Waals surface area contributed by atoms with Crippen molar-refractivity contribution in [3.8, 4) is 22.3 Å². The first-order valence-corrected chi connectivity index (χ1v) is 19.3. The second-order valence-corrected chi connectivity index (χ2v) is 15.7. The fourth-order valence-corrected chi connectivity index (χ4v) is 9.92. The number of furan rings is 1. The molecule has 262 valence electrons. The monoisotopic (exact) mass is 705 g/mol. The van der Waals surface area contributed by atoms with Crippen molar-refractivity contribution in [1.29, 1.82) is 0 Å². The Morgan fingerprint density at radius 1 is 0.436 bits per heavy atom. The molecule has 0 saturated carbocycles. The first kappa shape index (κ1) is 31.8. The van der Waals surface area contributed by atoms with E-state index < -0.39 is 5.41 Å². The highest BCUT2D eigenvalue weighted by atomic mass is 16.3. The topological polar surface area (TPSA) is 16.4 Å². The molecule has 0 fully saturated rings. The zero-order valence-electron chi connectivity index (χ0n) is 31.2. The van der Waals surface area contributed by atoms with Gasteiger partial charge in [0.05, 0.1) is 16.5 Å². The number of rotatable bonds is 5. The molecular weight excluding hydrogens is 667 g/mol. The van der Waals surface area contributed by atoms with Crippen molar-refractivity contribution in [3.05, 3.63) is 221 Å². The van der Waals surface area contributed by atoms with Crippen LogP contribution in [0.4, 0.5) is 17.1 Å². The van der Waals surface area contributed by atoms with Crippen molar-refractivity contribution in [2.75, 3.05) is 4.90 Å². The molecule has 0 atom stereocenters. The molecule has 0 amide bonds. The molecule has 8 aromatic carbocycles. The van der Waals surface area contributed by atoms with E-state index in [0.29, 0.717) is 0 Å². The van der Waals surface area contributed by atoms with Crippen molar-refractivity contribution in [1.82, 2.24) is 0 Å². The lowest BCUT2D eigenvalue weighted by molar-refractivity contribution is 0.660.